The van der Waals surface area contributed by atoms with Crippen molar-refractivity contribution in [3.63, 3.8) is 0 Å². The van der Waals surface area contributed by atoms with Gasteiger partial charge < -0.3 is 24.6 Å². The average molecular weight is 410 g/mol. The van der Waals surface area contributed by atoms with Crippen LogP contribution in [-0.4, -0.2) is 74.0 Å². The largest absolute Gasteiger partial charge is 0.493 e. The summed E-state index contributed by atoms with van der Waals surface area (Å²) in [4.78, 5) is 34.1. The molecule has 1 fully saturated rings. The number of ether oxygens (including phenoxy) is 2. The molecule has 1 aromatic carbocycles. The number of nitrogens with one attached hydrogen (secondary N) is 1. The Morgan fingerprint density at radius 2 is 1.80 bits per heavy atom. The van der Waals surface area contributed by atoms with E-state index in [4.69, 9.17) is 9.47 Å². The first-order chi connectivity index (χ1) is 14.5. The number of carbonyl (C=O) groups excluding carboxylic acids is 2. The summed E-state index contributed by atoms with van der Waals surface area (Å²) in [7, 11) is 5.05. The van der Waals surface area contributed by atoms with Crippen molar-refractivity contribution in [3.05, 3.63) is 59.5 Å². The summed E-state index contributed by atoms with van der Waals surface area (Å²) < 4.78 is 10.5. The first-order valence-electron chi connectivity index (χ1n) is 9.64. The molecule has 8 nitrogen and oxygen atoms in total. The minimum atomic E-state index is -0.409. The normalized spacial score (nSPS) is 14.9. The number of nitrogens with zero attached hydrogens (tertiary/aromatic N) is 3. The number of benzene rings is 1. The molecule has 1 aromatic heterocycles. The van der Waals surface area contributed by atoms with Crippen molar-refractivity contribution in [1.29, 1.82) is 0 Å². The van der Waals surface area contributed by atoms with E-state index in [0.717, 1.165) is 18.7 Å². The average Bonchev–Trinajstić information content (AvgIpc) is 2.78. The Balaban J connectivity index is 1.86. The molecule has 3 rings (SSSR count). The third-order valence-electron chi connectivity index (χ3n) is 4.91. The molecule has 158 valence electrons. The lowest BCUT2D eigenvalue weighted by molar-refractivity contribution is -0.128. The van der Waals surface area contributed by atoms with Crippen LogP contribution in [0.4, 0.5) is 0 Å². The summed E-state index contributed by atoms with van der Waals surface area (Å²) >= 11 is 0. The minimum Gasteiger partial charge on any atom is -0.493 e. The molecule has 30 heavy (non-hydrogen) atoms. The van der Waals surface area contributed by atoms with E-state index in [1.807, 2.05) is 13.1 Å². The van der Waals surface area contributed by atoms with Crippen molar-refractivity contribution in [2.24, 2.45) is 0 Å². The van der Waals surface area contributed by atoms with Gasteiger partial charge in [-0.2, -0.15) is 0 Å². The highest BCUT2D eigenvalue weighted by Gasteiger charge is 2.24. The van der Waals surface area contributed by atoms with E-state index in [1.165, 1.54) is 14.2 Å². The molecule has 1 N–H and O–H groups in total. The van der Waals surface area contributed by atoms with E-state index >= 15 is 0 Å². The Labute approximate surface area is 176 Å². The molecule has 0 unspecified atom stereocenters. The maximum Gasteiger partial charge on any atom is 0.270 e. The fourth-order valence-electron chi connectivity index (χ4n) is 3.13. The third kappa shape index (κ3) is 5.15. The summed E-state index contributed by atoms with van der Waals surface area (Å²) in [6.07, 6.45) is 4.94. The molecule has 0 spiro atoms. The van der Waals surface area contributed by atoms with Gasteiger partial charge in [-0.25, -0.2) is 0 Å². The second kappa shape index (κ2) is 9.89. The van der Waals surface area contributed by atoms with Crippen molar-refractivity contribution in [1.82, 2.24) is 20.1 Å². The van der Waals surface area contributed by atoms with Gasteiger partial charge in [0.2, 0.25) is 0 Å². The van der Waals surface area contributed by atoms with Crippen molar-refractivity contribution < 1.29 is 19.1 Å². The zero-order chi connectivity index (χ0) is 21.5. The van der Waals surface area contributed by atoms with Gasteiger partial charge in [0.15, 0.2) is 11.5 Å². The second-order valence-corrected chi connectivity index (χ2v) is 6.96. The quantitative estimate of drug-likeness (QED) is 0.729. The fourth-order valence-corrected chi connectivity index (χ4v) is 3.13. The van der Waals surface area contributed by atoms with Crippen LogP contribution in [0.15, 0.2) is 48.4 Å². The number of methoxy groups -OCH3 is 2. The molecule has 1 saturated heterocycles. The predicted octanol–water partition coefficient (Wildman–Crippen LogP) is 1.64. The molecule has 0 atom stereocenters. The van der Waals surface area contributed by atoms with E-state index in [9.17, 15) is 9.59 Å². The monoisotopic (exact) mass is 410 g/mol. The predicted molar refractivity (Wildman–Crippen MR) is 113 cm³/mol. The number of pyridine rings is 1. The van der Waals surface area contributed by atoms with Gasteiger partial charge in [0, 0.05) is 44.1 Å². The summed E-state index contributed by atoms with van der Waals surface area (Å²) in [6, 6.07) is 8.46. The van der Waals surface area contributed by atoms with Gasteiger partial charge in [-0.05, 0) is 43.0 Å². The molecule has 2 aromatic rings. The minimum absolute atomic E-state index is 0.201. The molecule has 0 aliphatic carbocycles. The van der Waals surface area contributed by atoms with Crippen LogP contribution < -0.4 is 14.8 Å². The van der Waals surface area contributed by atoms with Gasteiger partial charge in [-0.15, -0.1) is 0 Å². The van der Waals surface area contributed by atoms with Gasteiger partial charge in [-0.3, -0.25) is 14.6 Å². The second-order valence-electron chi connectivity index (χ2n) is 6.96. The van der Waals surface area contributed by atoms with Crippen LogP contribution >= 0.6 is 0 Å². The number of piperazine rings is 1. The van der Waals surface area contributed by atoms with Crippen LogP contribution in [-0.2, 0) is 4.79 Å². The van der Waals surface area contributed by atoms with Crippen LogP contribution in [0.3, 0.4) is 0 Å². The third-order valence-corrected chi connectivity index (χ3v) is 4.91. The molecular weight excluding hydrogens is 384 g/mol. The number of hydrogen-bond donors (Lipinski definition) is 1. The van der Waals surface area contributed by atoms with E-state index in [2.05, 4.69) is 15.2 Å². The highest BCUT2D eigenvalue weighted by molar-refractivity contribution is 6.05. The van der Waals surface area contributed by atoms with E-state index in [1.54, 1.807) is 47.6 Å². The zero-order valence-electron chi connectivity index (χ0n) is 17.4. The Bertz CT molecular complexity index is 922. The topological polar surface area (TPSA) is 84.0 Å². The van der Waals surface area contributed by atoms with Crippen LogP contribution in [0.1, 0.15) is 15.9 Å². The molecule has 0 bridgehead atoms. The Kier molecular flexibility index (Phi) is 7.03. The maximum absolute atomic E-state index is 13.2. The van der Waals surface area contributed by atoms with Gasteiger partial charge in [0.25, 0.3) is 11.8 Å². The molecule has 0 radical (unpaired) electrons. The molecule has 2 amide bonds. The molecule has 1 aliphatic heterocycles. The summed E-state index contributed by atoms with van der Waals surface area (Å²) in [5.41, 5.74) is 1.28. The standard InChI is InChI=1S/C22H26N4O4/c1-25-9-11-26(12-10-25)22(28)18(13-16-5-4-8-23-15-16)24-21(27)17-6-7-19(29-2)20(14-17)30-3/h4-8,13-15H,9-12H2,1-3H3,(H,24,27). The number of amides is 2. The van der Waals surface area contributed by atoms with E-state index in [-0.39, 0.29) is 11.6 Å². The highest BCUT2D eigenvalue weighted by Crippen LogP contribution is 2.27. The fraction of sp³-hybridized carbons (Fsp3) is 0.318. The SMILES string of the molecule is COc1ccc(C(=O)NC(=Cc2cccnc2)C(=O)N2CCN(C)CC2)cc1OC. The molecular formula is C22H26N4O4. The van der Waals surface area contributed by atoms with E-state index in [0.29, 0.717) is 30.2 Å². The molecule has 1 aliphatic rings. The maximum atomic E-state index is 13.2. The molecule has 2 heterocycles. The molecule has 8 heteroatoms. The van der Waals surface area contributed by atoms with Crippen molar-refractivity contribution in [2.45, 2.75) is 0 Å². The van der Waals surface area contributed by atoms with Crippen molar-refractivity contribution in [2.75, 3.05) is 47.4 Å². The smallest absolute Gasteiger partial charge is 0.270 e. The van der Waals surface area contributed by atoms with Gasteiger partial charge >= 0.3 is 0 Å². The Morgan fingerprint density at radius 1 is 1.07 bits per heavy atom. The lowest BCUT2D eigenvalue weighted by Gasteiger charge is -2.33. The van der Waals surface area contributed by atoms with Crippen molar-refractivity contribution >= 4 is 17.9 Å². The van der Waals surface area contributed by atoms with Crippen molar-refractivity contribution in [3.8, 4) is 11.5 Å². The van der Waals surface area contributed by atoms with E-state index < -0.39 is 5.91 Å². The zero-order valence-corrected chi connectivity index (χ0v) is 17.4. The number of carbonyl (C=O) groups is 2. The summed E-state index contributed by atoms with van der Waals surface area (Å²) in [6.45, 7) is 2.78. The number of hydrogen-bond acceptors (Lipinski definition) is 6. The summed E-state index contributed by atoms with van der Waals surface area (Å²) in [5, 5.41) is 2.77. The Morgan fingerprint density at radius 3 is 2.43 bits per heavy atom. The lowest BCUT2D eigenvalue weighted by atomic mass is 10.1. The van der Waals surface area contributed by atoms with Gasteiger partial charge in [-0.1, -0.05) is 6.07 Å². The van der Waals surface area contributed by atoms with Crippen LogP contribution in [0.5, 0.6) is 11.5 Å². The highest BCUT2D eigenvalue weighted by atomic mass is 16.5. The first kappa shape index (κ1) is 21.3. The number of likely N-dealkylation sites (N-methyl/N-ethyl adjacent to an activating group) is 1. The van der Waals surface area contributed by atoms with Crippen LogP contribution in [0.25, 0.3) is 6.08 Å². The Hall–Kier alpha value is -3.39. The van der Waals surface area contributed by atoms with Crippen LogP contribution in [0, 0.1) is 0 Å². The number of rotatable bonds is 6. The first-order valence-corrected chi connectivity index (χ1v) is 9.64. The number of aromatic nitrogens is 1. The molecule has 0 saturated carbocycles. The summed E-state index contributed by atoms with van der Waals surface area (Å²) in [5.74, 6) is 0.330. The van der Waals surface area contributed by atoms with Gasteiger partial charge in [0.05, 0.1) is 14.2 Å². The van der Waals surface area contributed by atoms with Crippen LogP contribution in [0.2, 0.25) is 0 Å². The van der Waals surface area contributed by atoms with Gasteiger partial charge in [0.1, 0.15) is 5.70 Å². The lowest BCUT2D eigenvalue weighted by Crippen LogP contribution is -2.49.